The molecule has 214 valence electrons. The highest BCUT2D eigenvalue weighted by molar-refractivity contribution is 6.31. The lowest BCUT2D eigenvalue weighted by Crippen LogP contribution is -2.53. The van der Waals surface area contributed by atoms with Crippen molar-refractivity contribution in [3.63, 3.8) is 0 Å². The summed E-state index contributed by atoms with van der Waals surface area (Å²) in [6.45, 7) is 13.9. The van der Waals surface area contributed by atoms with E-state index < -0.39 is 0 Å². The molecule has 0 aliphatic heterocycles. The third kappa shape index (κ3) is 7.42. The van der Waals surface area contributed by atoms with Crippen molar-refractivity contribution >= 4 is 23.6 Å². The summed E-state index contributed by atoms with van der Waals surface area (Å²) >= 11 is 6.47. The second-order valence-corrected chi connectivity index (χ2v) is 12.1. The lowest BCUT2D eigenvalue weighted by Gasteiger charge is -2.43. The molecule has 3 N–H and O–H groups in total. The summed E-state index contributed by atoms with van der Waals surface area (Å²) in [5.41, 5.74) is 3.96. The molecule has 1 fully saturated rings. The first-order chi connectivity index (χ1) is 18.2. The van der Waals surface area contributed by atoms with Crippen molar-refractivity contribution in [2.24, 2.45) is 0 Å². The lowest BCUT2D eigenvalue weighted by molar-refractivity contribution is 0.0414. The molecule has 8 nitrogen and oxygen atoms in total. The second kappa shape index (κ2) is 12.6. The van der Waals surface area contributed by atoms with E-state index in [1.807, 2.05) is 58.6 Å². The van der Waals surface area contributed by atoms with E-state index in [1.54, 1.807) is 6.07 Å². The fourth-order valence-corrected chi connectivity index (χ4v) is 5.99. The van der Waals surface area contributed by atoms with Crippen LogP contribution < -0.4 is 16.2 Å². The van der Waals surface area contributed by atoms with Crippen molar-refractivity contribution in [1.29, 1.82) is 0 Å². The Morgan fingerprint density at radius 3 is 2.33 bits per heavy atom. The van der Waals surface area contributed by atoms with Crippen LogP contribution in [0.4, 0.5) is 4.79 Å². The molecule has 0 bridgehead atoms. The summed E-state index contributed by atoms with van der Waals surface area (Å²) in [5.74, 6) is -0.270. The minimum atomic E-state index is -0.314. The van der Waals surface area contributed by atoms with Crippen LogP contribution in [0.15, 0.2) is 23.0 Å². The van der Waals surface area contributed by atoms with E-state index >= 15 is 0 Å². The van der Waals surface area contributed by atoms with Gasteiger partial charge in [-0.25, -0.2) is 4.79 Å². The molecule has 1 aliphatic rings. The number of rotatable bonds is 7. The molecule has 0 saturated heterocycles. The standard InChI is InChI=1S/C30H43ClN4O4/c1-17-13-18(2)33-28(37)26(17)16-32-27(36)25-15-21(31)14-24(19(25)3)20(4)34-22-9-11-23(12-10-22)35(29(38)39-8)30(5,6)7/h13-15,20,22-23,34H,9-12,16H2,1-8H3,(H,32,36)(H,33,37). The van der Waals surface area contributed by atoms with E-state index in [0.717, 1.165) is 48.1 Å². The summed E-state index contributed by atoms with van der Waals surface area (Å²) in [6.07, 6.45) is 3.34. The van der Waals surface area contributed by atoms with Gasteiger partial charge in [0.1, 0.15) is 0 Å². The molecule has 0 radical (unpaired) electrons. The van der Waals surface area contributed by atoms with Gasteiger partial charge in [-0.3, -0.25) is 9.59 Å². The number of methoxy groups -OCH3 is 1. The first-order valence-corrected chi connectivity index (χ1v) is 14.0. The minimum absolute atomic E-state index is 0.0293. The smallest absolute Gasteiger partial charge is 0.410 e. The number of amides is 2. The van der Waals surface area contributed by atoms with Gasteiger partial charge in [0.15, 0.2) is 0 Å². The van der Waals surface area contributed by atoms with Crippen LogP contribution in [0.5, 0.6) is 0 Å². The zero-order chi connectivity index (χ0) is 29.1. The zero-order valence-corrected chi connectivity index (χ0v) is 25.2. The number of nitrogens with zero attached hydrogens (tertiary/aromatic N) is 1. The number of hydrogen-bond acceptors (Lipinski definition) is 5. The van der Waals surface area contributed by atoms with Crippen molar-refractivity contribution in [3.8, 4) is 0 Å². The van der Waals surface area contributed by atoms with Crippen molar-refractivity contribution < 1.29 is 14.3 Å². The Morgan fingerprint density at radius 1 is 1.13 bits per heavy atom. The normalized spacial score (nSPS) is 18.4. The van der Waals surface area contributed by atoms with Gasteiger partial charge >= 0.3 is 6.09 Å². The molecular formula is C30H43ClN4O4. The number of hydrogen-bond donors (Lipinski definition) is 3. The number of pyridine rings is 1. The maximum absolute atomic E-state index is 13.2. The quantitative estimate of drug-likeness (QED) is 0.404. The highest BCUT2D eigenvalue weighted by atomic mass is 35.5. The number of benzene rings is 1. The maximum atomic E-state index is 13.2. The molecule has 3 rings (SSSR count). The Kier molecular flexibility index (Phi) is 9.88. The number of halogens is 1. The van der Waals surface area contributed by atoms with E-state index in [1.165, 1.54) is 7.11 Å². The van der Waals surface area contributed by atoms with Crippen LogP contribution in [-0.2, 0) is 11.3 Å². The number of H-pyrrole nitrogens is 1. The van der Waals surface area contributed by atoms with Crippen molar-refractivity contribution in [3.05, 3.63) is 67.1 Å². The van der Waals surface area contributed by atoms with Gasteiger partial charge in [-0.1, -0.05) is 11.6 Å². The molecule has 1 aliphatic carbocycles. The molecule has 2 amide bonds. The van der Waals surface area contributed by atoms with Gasteiger partial charge in [0.05, 0.1) is 7.11 Å². The average Bonchev–Trinajstić information content (AvgIpc) is 2.84. The van der Waals surface area contributed by atoms with Gasteiger partial charge in [-0.15, -0.1) is 0 Å². The Labute approximate surface area is 236 Å². The largest absolute Gasteiger partial charge is 0.453 e. The molecule has 1 aromatic heterocycles. The topological polar surface area (TPSA) is 104 Å². The third-order valence-corrected chi connectivity index (χ3v) is 7.90. The Bertz CT molecular complexity index is 1260. The summed E-state index contributed by atoms with van der Waals surface area (Å²) in [6, 6.07) is 5.86. The van der Waals surface area contributed by atoms with Crippen LogP contribution in [0.2, 0.25) is 5.02 Å². The zero-order valence-electron chi connectivity index (χ0n) is 24.5. The van der Waals surface area contributed by atoms with Gasteiger partial charge < -0.3 is 25.3 Å². The minimum Gasteiger partial charge on any atom is -0.453 e. The van der Waals surface area contributed by atoms with Crippen LogP contribution >= 0.6 is 11.6 Å². The Balaban J connectivity index is 1.68. The van der Waals surface area contributed by atoms with Crippen molar-refractivity contribution in [2.45, 2.75) is 104 Å². The molecule has 39 heavy (non-hydrogen) atoms. The summed E-state index contributed by atoms with van der Waals surface area (Å²) in [7, 11) is 1.43. The van der Waals surface area contributed by atoms with Crippen molar-refractivity contribution in [2.75, 3.05) is 7.11 Å². The Hall–Kier alpha value is -2.84. The average molecular weight is 559 g/mol. The number of ether oxygens (including phenoxy) is 1. The Morgan fingerprint density at radius 2 is 1.77 bits per heavy atom. The number of aromatic amines is 1. The van der Waals surface area contributed by atoms with Crippen LogP contribution in [0.25, 0.3) is 0 Å². The SMILES string of the molecule is COC(=O)N(C1CCC(NC(C)c2cc(Cl)cc(C(=O)NCc3c(C)cc(C)[nH]c3=O)c2C)CC1)C(C)(C)C. The summed E-state index contributed by atoms with van der Waals surface area (Å²) in [5, 5.41) is 7.10. The number of carbonyl (C=O) groups is 2. The lowest BCUT2D eigenvalue weighted by atomic mass is 9.87. The van der Waals surface area contributed by atoms with Gasteiger partial charge in [0.25, 0.3) is 11.5 Å². The second-order valence-electron chi connectivity index (χ2n) is 11.7. The molecule has 1 unspecified atom stereocenters. The first-order valence-electron chi connectivity index (χ1n) is 13.6. The van der Waals surface area contributed by atoms with Gasteiger partial charge in [0, 0.05) is 52.1 Å². The highest BCUT2D eigenvalue weighted by Crippen LogP contribution is 2.31. The fraction of sp³-hybridized carbons (Fsp3) is 0.567. The van der Waals surface area contributed by atoms with Crippen molar-refractivity contribution in [1.82, 2.24) is 20.5 Å². The molecular weight excluding hydrogens is 516 g/mol. The maximum Gasteiger partial charge on any atom is 0.410 e. The van der Waals surface area contributed by atoms with E-state index in [-0.39, 0.29) is 47.8 Å². The predicted octanol–water partition coefficient (Wildman–Crippen LogP) is 5.71. The molecule has 1 heterocycles. The monoisotopic (exact) mass is 558 g/mol. The number of carbonyl (C=O) groups excluding carboxylic acids is 2. The summed E-state index contributed by atoms with van der Waals surface area (Å²) in [4.78, 5) is 42.6. The van der Waals surface area contributed by atoms with E-state index in [0.29, 0.717) is 16.1 Å². The van der Waals surface area contributed by atoms with Crippen LogP contribution in [0.1, 0.15) is 97.7 Å². The van der Waals surface area contributed by atoms with E-state index in [9.17, 15) is 14.4 Å². The van der Waals surface area contributed by atoms with E-state index in [2.05, 4.69) is 22.5 Å². The van der Waals surface area contributed by atoms with Gasteiger partial charge in [0.2, 0.25) is 0 Å². The molecule has 1 aromatic carbocycles. The van der Waals surface area contributed by atoms with Gasteiger partial charge in [-0.05, 0) is 109 Å². The molecule has 0 spiro atoms. The van der Waals surface area contributed by atoms with Crippen LogP contribution in [0.3, 0.4) is 0 Å². The molecule has 1 atom stereocenters. The predicted molar refractivity (Wildman–Crippen MR) is 155 cm³/mol. The van der Waals surface area contributed by atoms with E-state index in [4.69, 9.17) is 16.3 Å². The molecule has 2 aromatic rings. The number of aromatic nitrogens is 1. The highest BCUT2D eigenvalue weighted by Gasteiger charge is 2.36. The van der Waals surface area contributed by atoms with Gasteiger partial charge in [-0.2, -0.15) is 0 Å². The molecule has 1 saturated carbocycles. The van der Waals surface area contributed by atoms with Crippen LogP contribution in [0, 0.1) is 20.8 Å². The third-order valence-electron chi connectivity index (χ3n) is 7.68. The fourth-order valence-electron chi connectivity index (χ4n) is 5.76. The first kappa shape index (κ1) is 30.7. The molecule has 9 heteroatoms. The summed E-state index contributed by atoms with van der Waals surface area (Å²) < 4.78 is 5.06. The number of nitrogens with one attached hydrogen (secondary N) is 3. The number of aryl methyl sites for hydroxylation is 2. The van der Waals surface area contributed by atoms with Crippen LogP contribution in [-0.4, -0.2) is 46.6 Å².